The molecule has 1 aliphatic rings. The van der Waals surface area contributed by atoms with Gasteiger partial charge >= 0.3 is 0 Å². The maximum absolute atomic E-state index is 5.88. The van der Waals surface area contributed by atoms with E-state index in [4.69, 9.17) is 11.6 Å². The molecule has 1 fully saturated rings. The number of piperidine rings is 1. The molecule has 8 heteroatoms. The molecule has 2 aromatic heterocycles. The SMILES string of the molecule is CN(C)c1nccc(N(C)C2CCCN(c3ncc(Cl)cn3)C2)n1. The molecule has 0 amide bonds. The molecule has 128 valence electrons. The molecule has 0 aliphatic carbocycles. The van der Waals surface area contributed by atoms with E-state index in [9.17, 15) is 0 Å². The third-order valence-corrected chi connectivity index (χ3v) is 4.42. The Kier molecular flexibility index (Phi) is 4.99. The van der Waals surface area contributed by atoms with Crippen molar-refractivity contribution in [3.05, 3.63) is 29.7 Å². The van der Waals surface area contributed by atoms with Crippen LogP contribution in [-0.4, -0.2) is 60.2 Å². The minimum absolute atomic E-state index is 0.350. The van der Waals surface area contributed by atoms with E-state index in [1.165, 1.54) is 0 Å². The van der Waals surface area contributed by atoms with Gasteiger partial charge in [0.25, 0.3) is 0 Å². The first-order valence-electron chi connectivity index (χ1n) is 8.00. The molecule has 3 heterocycles. The summed E-state index contributed by atoms with van der Waals surface area (Å²) in [6.45, 7) is 1.82. The second-order valence-corrected chi connectivity index (χ2v) is 6.60. The number of nitrogens with zero attached hydrogens (tertiary/aromatic N) is 7. The van der Waals surface area contributed by atoms with E-state index in [0.29, 0.717) is 17.0 Å². The quantitative estimate of drug-likeness (QED) is 0.839. The first kappa shape index (κ1) is 16.7. The zero-order valence-electron chi connectivity index (χ0n) is 14.2. The van der Waals surface area contributed by atoms with Gasteiger partial charge in [0.15, 0.2) is 0 Å². The van der Waals surface area contributed by atoms with Crippen molar-refractivity contribution in [3.8, 4) is 0 Å². The van der Waals surface area contributed by atoms with Gasteiger partial charge in [-0.25, -0.2) is 15.0 Å². The second kappa shape index (κ2) is 7.17. The van der Waals surface area contributed by atoms with E-state index in [2.05, 4.69) is 36.8 Å². The minimum Gasteiger partial charge on any atom is -0.355 e. The summed E-state index contributed by atoms with van der Waals surface area (Å²) in [6.07, 6.45) is 7.29. The molecule has 0 radical (unpaired) electrons. The standard InChI is InChI=1S/C16H22ClN7/c1-22(2)16-18-7-6-14(21-16)23(3)13-5-4-8-24(11-13)15-19-9-12(17)10-20-15/h6-7,9-10,13H,4-5,8,11H2,1-3H3. The fraction of sp³-hybridized carbons (Fsp3) is 0.500. The van der Waals surface area contributed by atoms with Crippen LogP contribution in [0.3, 0.4) is 0 Å². The van der Waals surface area contributed by atoms with E-state index in [-0.39, 0.29) is 0 Å². The topological polar surface area (TPSA) is 61.3 Å². The molecule has 0 bridgehead atoms. The number of rotatable bonds is 4. The van der Waals surface area contributed by atoms with E-state index in [0.717, 1.165) is 37.7 Å². The minimum atomic E-state index is 0.350. The Hall–Kier alpha value is -2.15. The lowest BCUT2D eigenvalue weighted by atomic mass is 10.0. The lowest BCUT2D eigenvalue weighted by molar-refractivity contribution is 0.480. The Morgan fingerprint density at radius 1 is 1.17 bits per heavy atom. The highest BCUT2D eigenvalue weighted by Gasteiger charge is 2.25. The van der Waals surface area contributed by atoms with Gasteiger partial charge < -0.3 is 14.7 Å². The summed E-state index contributed by atoms with van der Waals surface area (Å²) >= 11 is 5.88. The Bertz CT molecular complexity index is 676. The van der Waals surface area contributed by atoms with Gasteiger partial charge in [-0.2, -0.15) is 4.98 Å². The van der Waals surface area contributed by atoms with Crippen LogP contribution in [0.25, 0.3) is 0 Å². The molecule has 2 aromatic rings. The fourth-order valence-electron chi connectivity index (χ4n) is 2.86. The highest BCUT2D eigenvalue weighted by atomic mass is 35.5. The second-order valence-electron chi connectivity index (χ2n) is 6.16. The highest BCUT2D eigenvalue weighted by molar-refractivity contribution is 6.30. The van der Waals surface area contributed by atoms with Crippen molar-refractivity contribution in [2.24, 2.45) is 0 Å². The van der Waals surface area contributed by atoms with Gasteiger partial charge in [0.2, 0.25) is 11.9 Å². The summed E-state index contributed by atoms with van der Waals surface area (Å²) in [6, 6.07) is 2.30. The molecule has 24 heavy (non-hydrogen) atoms. The summed E-state index contributed by atoms with van der Waals surface area (Å²) in [4.78, 5) is 23.9. The van der Waals surface area contributed by atoms with Crippen LogP contribution in [-0.2, 0) is 0 Å². The Morgan fingerprint density at radius 2 is 1.92 bits per heavy atom. The average Bonchev–Trinajstić information content (AvgIpc) is 2.62. The third-order valence-electron chi connectivity index (χ3n) is 4.22. The van der Waals surface area contributed by atoms with Crippen molar-refractivity contribution in [1.29, 1.82) is 0 Å². The van der Waals surface area contributed by atoms with E-state index < -0.39 is 0 Å². The molecule has 1 saturated heterocycles. The maximum atomic E-state index is 5.88. The largest absolute Gasteiger partial charge is 0.355 e. The zero-order valence-corrected chi connectivity index (χ0v) is 15.0. The number of anilines is 3. The molecule has 0 saturated carbocycles. The van der Waals surface area contributed by atoms with Gasteiger partial charge in [0.05, 0.1) is 17.4 Å². The monoisotopic (exact) mass is 347 g/mol. The molecule has 1 unspecified atom stereocenters. The van der Waals surface area contributed by atoms with Gasteiger partial charge in [0, 0.05) is 46.5 Å². The molecule has 0 N–H and O–H groups in total. The Morgan fingerprint density at radius 3 is 2.62 bits per heavy atom. The molecule has 3 rings (SSSR count). The highest BCUT2D eigenvalue weighted by Crippen LogP contribution is 2.23. The normalized spacial score (nSPS) is 17.7. The fourth-order valence-corrected chi connectivity index (χ4v) is 2.96. The van der Waals surface area contributed by atoms with Crippen LogP contribution < -0.4 is 14.7 Å². The first-order chi connectivity index (χ1) is 11.5. The summed E-state index contributed by atoms with van der Waals surface area (Å²) in [5, 5.41) is 0.557. The summed E-state index contributed by atoms with van der Waals surface area (Å²) in [7, 11) is 5.97. The number of likely N-dealkylation sites (N-methyl/N-ethyl adjacent to an activating group) is 1. The van der Waals surface area contributed by atoms with Gasteiger partial charge in [0.1, 0.15) is 5.82 Å². The van der Waals surface area contributed by atoms with Crippen LogP contribution in [0.1, 0.15) is 12.8 Å². The van der Waals surface area contributed by atoms with Gasteiger partial charge in [-0.15, -0.1) is 0 Å². The van der Waals surface area contributed by atoms with Crippen molar-refractivity contribution in [3.63, 3.8) is 0 Å². The lowest BCUT2D eigenvalue weighted by Crippen LogP contribution is -2.47. The number of aromatic nitrogens is 4. The summed E-state index contributed by atoms with van der Waals surface area (Å²) < 4.78 is 0. The van der Waals surface area contributed by atoms with E-state index >= 15 is 0 Å². The molecular weight excluding hydrogens is 326 g/mol. The lowest BCUT2D eigenvalue weighted by Gasteiger charge is -2.38. The molecular formula is C16H22ClN7. The molecule has 1 aliphatic heterocycles. The first-order valence-corrected chi connectivity index (χ1v) is 8.38. The van der Waals surface area contributed by atoms with Crippen molar-refractivity contribution >= 4 is 29.3 Å². The van der Waals surface area contributed by atoms with Gasteiger partial charge in [-0.3, -0.25) is 0 Å². The van der Waals surface area contributed by atoms with E-state index in [1.54, 1.807) is 18.6 Å². The summed E-state index contributed by atoms with van der Waals surface area (Å²) in [5.41, 5.74) is 0. The van der Waals surface area contributed by atoms with Crippen LogP contribution in [0.2, 0.25) is 5.02 Å². The molecule has 1 atom stereocenters. The van der Waals surface area contributed by atoms with Crippen LogP contribution in [0.5, 0.6) is 0 Å². The average molecular weight is 348 g/mol. The van der Waals surface area contributed by atoms with Crippen LogP contribution in [0.15, 0.2) is 24.7 Å². The molecule has 0 aromatic carbocycles. The predicted octanol–water partition coefficient (Wildman–Crippen LogP) is 2.09. The molecule has 0 spiro atoms. The van der Waals surface area contributed by atoms with Crippen molar-refractivity contribution in [1.82, 2.24) is 19.9 Å². The van der Waals surface area contributed by atoms with Crippen LogP contribution >= 0.6 is 11.6 Å². The third kappa shape index (κ3) is 3.67. The van der Waals surface area contributed by atoms with Crippen molar-refractivity contribution in [2.75, 3.05) is 48.9 Å². The number of halogens is 1. The smallest absolute Gasteiger partial charge is 0.226 e. The maximum Gasteiger partial charge on any atom is 0.226 e. The van der Waals surface area contributed by atoms with Gasteiger partial charge in [-0.1, -0.05) is 11.6 Å². The van der Waals surface area contributed by atoms with Crippen LogP contribution in [0.4, 0.5) is 17.7 Å². The van der Waals surface area contributed by atoms with E-state index in [1.807, 2.05) is 25.1 Å². The Labute approximate surface area is 147 Å². The Balaban J connectivity index is 1.74. The predicted molar refractivity (Wildman–Crippen MR) is 97.0 cm³/mol. The number of hydrogen-bond acceptors (Lipinski definition) is 7. The zero-order chi connectivity index (χ0) is 17.1. The summed E-state index contributed by atoms with van der Waals surface area (Å²) in [5.74, 6) is 2.37. The van der Waals surface area contributed by atoms with Crippen molar-refractivity contribution in [2.45, 2.75) is 18.9 Å². The number of hydrogen-bond donors (Lipinski definition) is 0. The molecule has 7 nitrogen and oxygen atoms in total. The van der Waals surface area contributed by atoms with Crippen molar-refractivity contribution < 1.29 is 0 Å². The van der Waals surface area contributed by atoms with Gasteiger partial charge in [-0.05, 0) is 18.9 Å². The van der Waals surface area contributed by atoms with Crippen LogP contribution in [0, 0.1) is 0 Å².